The van der Waals surface area contributed by atoms with Crippen LogP contribution in [0.4, 0.5) is 18.0 Å². The Hall–Kier alpha value is -2.19. The second kappa shape index (κ2) is 8.01. The molecule has 0 radical (unpaired) electrons. The van der Waals surface area contributed by atoms with E-state index in [1.807, 2.05) is 0 Å². The smallest absolute Gasteiger partial charge is 0.488 e. The summed E-state index contributed by atoms with van der Waals surface area (Å²) in [5.41, 5.74) is -0.583. The molecule has 1 aromatic rings. The first-order valence-corrected chi connectivity index (χ1v) is 8.35. The number of likely N-dealkylation sites (tertiary alicyclic amines) is 1. The fourth-order valence-corrected chi connectivity index (χ4v) is 2.57. The summed E-state index contributed by atoms with van der Waals surface area (Å²) >= 11 is 0. The summed E-state index contributed by atoms with van der Waals surface area (Å²) in [5.74, 6) is -0.728. The van der Waals surface area contributed by atoms with Crippen LogP contribution in [0.1, 0.15) is 33.6 Å². The Bertz CT molecular complexity index is 617. The maximum atomic E-state index is 12.4. The lowest BCUT2D eigenvalue weighted by atomic mass is 9.99. The largest absolute Gasteiger partial charge is 0.574 e. The maximum absolute atomic E-state index is 12.4. The quantitative estimate of drug-likeness (QED) is 0.795. The number of hydrogen-bond acceptors (Lipinski definition) is 5. The number of amides is 1. The van der Waals surface area contributed by atoms with E-state index in [4.69, 9.17) is 9.47 Å². The molecule has 146 valence electrons. The Morgan fingerprint density at radius 3 is 2.73 bits per heavy atom. The third kappa shape index (κ3) is 6.61. The monoisotopic (exact) mass is 376 g/mol. The van der Waals surface area contributed by atoms with Crippen molar-refractivity contribution in [3.05, 3.63) is 18.3 Å². The minimum absolute atomic E-state index is 0.0183. The number of pyridine rings is 1. The molecule has 1 saturated heterocycles. The van der Waals surface area contributed by atoms with Gasteiger partial charge in [-0.05, 0) is 45.7 Å². The first kappa shape index (κ1) is 20.1. The molecule has 26 heavy (non-hydrogen) atoms. The normalized spacial score (nSPS) is 18.4. The molecule has 0 aromatic carbocycles. The Balaban J connectivity index is 1.93. The van der Waals surface area contributed by atoms with E-state index < -0.39 is 23.9 Å². The van der Waals surface area contributed by atoms with Crippen LogP contribution in [-0.2, 0) is 4.74 Å². The maximum Gasteiger partial charge on any atom is 0.574 e. The SMILES string of the molecule is CC(C)(C)OC(=O)N1CCCC(COc2cccnc2OC(F)(F)F)C1. The molecule has 1 unspecified atom stereocenters. The van der Waals surface area contributed by atoms with Gasteiger partial charge in [-0.3, -0.25) is 0 Å². The summed E-state index contributed by atoms with van der Waals surface area (Å²) in [7, 11) is 0. The zero-order chi connectivity index (χ0) is 19.4. The number of alkyl halides is 3. The molecular weight excluding hydrogens is 353 g/mol. The molecule has 6 nitrogen and oxygen atoms in total. The third-order valence-electron chi connectivity index (χ3n) is 3.59. The Kier molecular flexibility index (Phi) is 6.20. The van der Waals surface area contributed by atoms with Crippen molar-refractivity contribution in [3.8, 4) is 11.6 Å². The molecule has 1 amide bonds. The number of piperidine rings is 1. The Labute approximate surface area is 150 Å². The fourth-order valence-electron chi connectivity index (χ4n) is 2.57. The van der Waals surface area contributed by atoms with Gasteiger partial charge < -0.3 is 19.1 Å². The highest BCUT2D eigenvalue weighted by Gasteiger charge is 2.33. The average Bonchev–Trinajstić information content (AvgIpc) is 2.51. The van der Waals surface area contributed by atoms with Gasteiger partial charge >= 0.3 is 12.5 Å². The van der Waals surface area contributed by atoms with Gasteiger partial charge in [-0.2, -0.15) is 0 Å². The summed E-state index contributed by atoms with van der Waals surface area (Å²) in [6.07, 6.45) is -2.48. The van der Waals surface area contributed by atoms with Crippen molar-refractivity contribution in [2.75, 3.05) is 19.7 Å². The predicted molar refractivity (Wildman–Crippen MR) is 86.9 cm³/mol. The van der Waals surface area contributed by atoms with E-state index in [0.717, 1.165) is 12.8 Å². The lowest BCUT2D eigenvalue weighted by molar-refractivity contribution is -0.276. The van der Waals surface area contributed by atoms with Crippen LogP contribution in [-0.4, -0.2) is 47.6 Å². The molecule has 0 aliphatic carbocycles. The van der Waals surface area contributed by atoms with Crippen LogP contribution in [0.2, 0.25) is 0 Å². The zero-order valence-electron chi connectivity index (χ0n) is 15.0. The topological polar surface area (TPSA) is 60.9 Å². The first-order chi connectivity index (χ1) is 12.0. The molecule has 9 heteroatoms. The van der Waals surface area contributed by atoms with Gasteiger partial charge in [-0.1, -0.05) is 0 Å². The number of halogens is 3. The van der Waals surface area contributed by atoms with Crippen molar-refractivity contribution in [3.63, 3.8) is 0 Å². The highest BCUT2D eigenvalue weighted by Crippen LogP contribution is 2.30. The molecule has 1 aromatic heterocycles. The first-order valence-electron chi connectivity index (χ1n) is 8.35. The molecule has 1 fully saturated rings. The minimum Gasteiger partial charge on any atom is -0.488 e. The second-order valence-corrected chi connectivity index (χ2v) is 7.10. The van der Waals surface area contributed by atoms with Crippen molar-refractivity contribution in [1.29, 1.82) is 0 Å². The van der Waals surface area contributed by atoms with Gasteiger partial charge in [-0.25, -0.2) is 9.78 Å². The summed E-state index contributed by atoms with van der Waals surface area (Å²) in [5, 5.41) is 0. The number of ether oxygens (including phenoxy) is 3. The Morgan fingerprint density at radius 2 is 2.08 bits per heavy atom. The predicted octanol–water partition coefficient (Wildman–Crippen LogP) is 4.01. The molecule has 0 saturated carbocycles. The molecule has 1 aliphatic rings. The lowest BCUT2D eigenvalue weighted by Crippen LogP contribution is -2.44. The van der Waals surface area contributed by atoms with Gasteiger partial charge in [0, 0.05) is 25.2 Å². The molecule has 2 rings (SSSR count). The minimum atomic E-state index is -4.84. The second-order valence-electron chi connectivity index (χ2n) is 7.10. The van der Waals surface area contributed by atoms with Gasteiger partial charge in [0.1, 0.15) is 5.60 Å². The van der Waals surface area contributed by atoms with Gasteiger partial charge in [0.05, 0.1) is 6.61 Å². The van der Waals surface area contributed by atoms with Gasteiger partial charge in [0.25, 0.3) is 5.88 Å². The number of nitrogens with zero attached hydrogens (tertiary/aromatic N) is 2. The molecule has 1 atom stereocenters. The average molecular weight is 376 g/mol. The van der Waals surface area contributed by atoms with Crippen LogP contribution in [0.15, 0.2) is 18.3 Å². The number of aromatic nitrogens is 1. The van der Waals surface area contributed by atoms with Gasteiger partial charge in [0.15, 0.2) is 5.75 Å². The van der Waals surface area contributed by atoms with E-state index in [9.17, 15) is 18.0 Å². The third-order valence-corrected chi connectivity index (χ3v) is 3.59. The van der Waals surface area contributed by atoms with Crippen LogP contribution in [0.3, 0.4) is 0 Å². The van der Waals surface area contributed by atoms with Crippen LogP contribution >= 0.6 is 0 Å². The summed E-state index contributed by atoms with van der Waals surface area (Å²) in [6.45, 7) is 6.53. The number of rotatable bonds is 4. The van der Waals surface area contributed by atoms with E-state index in [1.165, 1.54) is 18.3 Å². The highest BCUT2D eigenvalue weighted by atomic mass is 19.4. The van der Waals surface area contributed by atoms with Crippen LogP contribution in [0.5, 0.6) is 11.6 Å². The number of hydrogen-bond donors (Lipinski definition) is 0. The van der Waals surface area contributed by atoms with E-state index >= 15 is 0 Å². The molecule has 2 heterocycles. The molecular formula is C17H23F3N2O4. The van der Waals surface area contributed by atoms with Crippen LogP contribution in [0, 0.1) is 5.92 Å². The lowest BCUT2D eigenvalue weighted by Gasteiger charge is -2.34. The highest BCUT2D eigenvalue weighted by molar-refractivity contribution is 5.68. The van der Waals surface area contributed by atoms with Gasteiger partial charge in [0.2, 0.25) is 0 Å². The van der Waals surface area contributed by atoms with Crippen molar-refractivity contribution < 1.29 is 32.2 Å². The zero-order valence-corrected chi connectivity index (χ0v) is 15.0. The summed E-state index contributed by atoms with van der Waals surface area (Å²) < 4.78 is 52.0. The number of carbonyl (C=O) groups excluding carboxylic acids is 1. The van der Waals surface area contributed by atoms with Crippen molar-refractivity contribution >= 4 is 6.09 Å². The molecule has 1 aliphatic heterocycles. The Morgan fingerprint density at radius 1 is 1.35 bits per heavy atom. The summed E-state index contributed by atoms with van der Waals surface area (Å²) in [4.78, 5) is 17.3. The van der Waals surface area contributed by atoms with E-state index in [1.54, 1.807) is 25.7 Å². The standard InChI is InChI=1S/C17H23F3N2O4/c1-16(2,3)26-15(23)22-9-5-6-12(10-22)11-24-13-7-4-8-21-14(13)25-17(18,19)20/h4,7-8,12H,5-6,9-11H2,1-3H3. The van der Waals surface area contributed by atoms with Gasteiger partial charge in [-0.15, -0.1) is 13.2 Å². The van der Waals surface area contributed by atoms with Crippen LogP contribution in [0.25, 0.3) is 0 Å². The van der Waals surface area contributed by atoms with E-state index in [2.05, 4.69) is 9.72 Å². The number of carbonyl (C=O) groups is 1. The van der Waals surface area contributed by atoms with E-state index in [0.29, 0.717) is 13.1 Å². The van der Waals surface area contributed by atoms with Crippen molar-refractivity contribution in [2.45, 2.75) is 45.6 Å². The molecule has 0 spiro atoms. The van der Waals surface area contributed by atoms with Crippen LogP contribution < -0.4 is 9.47 Å². The van der Waals surface area contributed by atoms with Crippen molar-refractivity contribution in [1.82, 2.24) is 9.88 Å². The van der Waals surface area contributed by atoms with E-state index in [-0.39, 0.29) is 18.3 Å². The summed E-state index contributed by atoms with van der Waals surface area (Å²) in [6, 6.07) is 2.83. The fraction of sp³-hybridized carbons (Fsp3) is 0.647. The molecule has 0 bridgehead atoms. The van der Waals surface area contributed by atoms with Crippen molar-refractivity contribution in [2.24, 2.45) is 5.92 Å². The molecule has 0 N–H and O–H groups in total.